The van der Waals surface area contributed by atoms with Crippen molar-refractivity contribution in [1.82, 2.24) is 4.90 Å². The highest BCUT2D eigenvalue weighted by Crippen LogP contribution is 2.27. The summed E-state index contributed by atoms with van der Waals surface area (Å²) >= 11 is 0. The first-order chi connectivity index (χ1) is 10.8. The molecule has 2 rings (SSSR count). The molecule has 0 spiro atoms. The number of anilines is 1. The lowest BCUT2D eigenvalue weighted by Gasteiger charge is -2.28. The Kier molecular flexibility index (Phi) is 4.98. The minimum absolute atomic E-state index is 0.165. The first kappa shape index (κ1) is 16.9. The topological polar surface area (TPSA) is 86.7 Å². The number of hydrogen-bond acceptors (Lipinski definition) is 3. The van der Waals surface area contributed by atoms with E-state index in [4.69, 9.17) is 5.11 Å². The quantitative estimate of drug-likeness (QED) is 0.868. The number of carbonyl (C=O) groups is 3. The minimum Gasteiger partial charge on any atom is -0.480 e. The van der Waals surface area contributed by atoms with E-state index in [1.165, 1.54) is 6.07 Å². The van der Waals surface area contributed by atoms with Crippen molar-refractivity contribution in [2.45, 2.75) is 39.2 Å². The number of fused-ring (bicyclic) bond motifs is 1. The minimum atomic E-state index is -1.15. The van der Waals surface area contributed by atoms with E-state index in [1.807, 2.05) is 6.92 Å². The normalized spacial score (nSPS) is 14.7. The molecule has 1 aliphatic rings. The molecule has 1 atom stereocenters. The zero-order valence-electron chi connectivity index (χ0n) is 13.1. The summed E-state index contributed by atoms with van der Waals surface area (Å²) in [6.07, 6.45) is 1.25. The molecule has 0 saturated carbocycles. The van der Waals surface area contributed by atoms with Crippen LogP contribution in [0.3, 0.4) is 0 Å². The lowest BCUT2D eigenvalue weighted by atomic mass is 9.99. The first-order valence-electron chi connectivity index (χ1n) is 7.48. The molecule has 1 aromatic rings. The Labute approximate surface area is 133 Å². The van der Waals surface area contributed by atoms with Crippen molar-refractivity contribution in [3.8, 4) is 0 Å². The number of benzene rings is 1. The van der Waals surface area contributed by atoms with Gasteiger partial charge in [0.2, 0.25) is 5.91 Å². The van der Waals surface area contributed by atoms with Crippen molar-refractivity contribution in [3.05, 3.63) is 29.1 Å². The van der Waals surface area contributed by atoms with Gasteiger partial charge >= 0.3 is 5.97 Å². The maximum absolute atomic E-state index is 14.3. The third kappa shape index (κ3) is 3.67. The number of nitrogens with zero attached hydrogens (tertiary/aromatic N) is 1. The molecular weight excluding hydrogens is 303 g/mol. The third-order valence-electron chi connectivity index (χ3n) is 4.01. The Morgan fingerprint density at radius 3 is 2.70 bits per heavy atom. The fraction of sp³-hybridized carbons (Fsp3) is 0.438. The van der Waals surface area contributed by atoms with Crippen molar-refractivity contribution < 1.29 is 23.9 Å². The van der Waals surface area contributed by atoms with E-state index >= 15 is 0 Å². The average Bonchev–Trinajstić information content (AvgIpc) is 2.50. The van der Waals surface area contributed by atoms with E-state index in [0.29, 0.717) is 24.1 Å². The van der Waals surface area contributed by atoms with Gasteiger partial charge in [-0.1, -0.05) is 6.92 Å². The number of carbonyl (C=O) groups excluding carboxylic acids is 2. The molecule has 2 amide bonds. The molecule has 0 fully saturated rings. The highest BCUT2D eigenvalue weighted by molar-refractivity contribution is 5.99. The lowest BCUT2D eigenvalue weighted by molar-refractivity contribution is -0.138. The van der Waals surface area contributed by atoms with Crippen molar-refractivity contribution in [2.75, 3.05) is 11.9 Å². The summed E-state index contributed by atoms with van der Waals surface area (Å²) < 4.78 is 14.3. The lowest BCUT2D eigenvalue weighted by Crippen LogP contribution is -2.42. The predicted octanol–water partition coefficient (Wildman–Crippen LogP) is 2.04. The van der Waals surface area contributed by atoms with Gasteiger partial charge in [0, 0.05) is 18.2 Å². The fourth-order valence-corrected chi connectivity index (χ4v) is 2.51. The summed E-state index contributed by atoms with van der Waals surface area (Å²) in [7, 11) is 0. The van der Waals surface area contributed by atoms with E-state index < -0.39 is 24.2 Å². The predicted molar refractivity (Wildman–Crippen MR) is 81.8 cm³/mol. The van der Waals surface area contributed by atoms with Crippen LogP contribution in [0.5, 0.6) is 0 Å². The number of carboxylic acids is 1. The van der Waals surface area contributed by atoms with Gasteiger partial charge in [-0.15, -0.1) is 0 Å². The van der Waals surface area contributed by atoms with Crippen molar-refractivity contribution in [3.63, 3.8) is 0 Å². The third-order valence-corrected chi connectivity index (χ3v) is 4.01. The molecule has 1 heterocycles. The van der Waals surface area contributed by atoms with Gasteiger partial charge < -0.3 is 15.3 Å². The van der Waals surface area contributed by atoms with E-state index in [1.54, 1.807) is 6.92 Å². The molecule has 0 bridgehead atoms. The van der Waals surface area contributed by atoms with Gasteiger partial charge in [-0.05, 0) is 37.5 Å². The number of rotatable bonds is 5. The molecule has 0 aromatic heterocycles. The van der Waals surface area contributed by atoms with Crippen LogP contribution in [0.4, 0.5) is 10.1 Å². The molecule has 7 heteroatoms. The average molecular weight is 322 g/mol. The monoisotopic (exact) mass is 322 g/mol. The summed E-state index contributed by atoms with van der Waals surface area (Å²) in [5, 5.41) is 11.5. The molecule has 0 saturated heterocycles. The maximum atomic E-state index is 14.3. The smallest absolute Gasteiger partial charge is 0.323 e. The zero-order valence-corrected chi connectivity index (χ0v) is 13.1. The van der Waals surface area contributed by atoms with Gasteiger partial charge in [0.15, 0.2) is 0 Å². The van der Waals surface area contributed by atoms with Gasteiger partial charge in [0.1, 0.15) is 12.4 Å². The number of aliphatic carboxylic acids is 1. The van der Waals surface area contributed by atoms with Gasteiger partial charge in [-0.25, -0.2) is 4.39 Å². The molecule has 124 valence electrons. The van der Waals surface area contributed by atoms with Crippen LogP contribution in [0, 0.1) is 5.82 Å². The largest absolute Gasteiger partial charge is 0.480 e. The van der Waals surface area contributed by atoms with Gasteiger partial charge in [0.25, 0.3) is 5.91 Å². The van der Waals surface area contributed by atoms with E-state index in [2.05, 4.69) is 5.32 Å². The van der Waals surface area contributed by atoms with Crippen LogP contribution >= 0.6 is 0 Å². The number of aryl methyl sites for hydroxylation is 1. The van der Waals surface area contributed by atoms with Crippen LogP contribution in [0.2, 0.25) is 0 Å². The van der Waals surface area contributed by atoms with E-state index in [-0.39, 0.29) is 23.9 Å². The second-order valence-electron chi connectivity index (χ2n) is 5.62. The summed E-state index contributed by atoms with van der Waals surface area (Å²) in [5.41, 5.74) is 0.874. The molecule has 0 radical (unpaired) electrons. The first-order valence-corrected chi connectivity index (χ1v) is 7.48. The molecule has 0 aliphatic carbocycles. The molecule has 1 unspecified atom stereocenters. The molecule has 2 N–H and O–H groups in total. The number of hydrogen-bond donors (Lipinski definition) is 2. The summed E-state index contributed by atoms with van der Waals surface area (Å²) in [5.74, 6) is -2.76. The second-order valence-corrected chi connectivity index (χ2v) is 5.62. The van der Waals surface area contributed by atoms with Crippen LogP contribution in [0.15, 0.2) is 12.1 Å². The van der Waals surface area contributed by atoms with Crippen LogP contribution in [0.25, 0.3) is 0 Å². The maximum Gasteiger partial charge on any atom is 0.323 e. The van der Waals surface area contributed by atoms with Crippen molar-refractivity contribution >= 4 is 23.5 Å². The summed E-state index contributed by atoms with van der Waals surface area (Å²) in [4.78, 5) is 36.1. The summed E-state index contributed by atoms with van der Waals surface area (Å²) in [6.45, 7) is 3.06. The molecule has 1 aromatic carbocycles. The van der Waals surface area contributed by atoms with E-state index in [0.717, 1.165) is 11.0 Å². The highest BCUT2D eigenvalue weighted by Gasteiger charge is 2.27. The van der Waals surface area contributed by atoms with Crippen LogP contribution in [0.1, 0.15) is 42.6 Å². The van der Waals surface area contributed by atoms with Crippen molar-refractivity contribution in [1.29, 1.82) is 0 Å². The zero-order chi connectivity index (χ0) is 17.1. The summed E-state index contributed by atoms with van der Waals surface area (Å²) in [6, 6.07) is 2.20. The van der Waals surface area contributed by atoms with Crippen LogP contribution in [-0.4, -0.2) is 40.4 Å². The van der Waals surface area contributed by atoms with Gasteiger partial charge in [-0.3, -0.25) is 14.4 Å². The van der Waals surface area contributed by atoms with Gasteiger partial charge in [-0.2, -0.15) is 0 Å². The molecule has 23 heavy (non-hydrogen) atoms. The van der Waals surface area contributed by atoms with Gasteiger partial charge in [0.05, 0.1) is 5.56 Å². The Morgan fingerprint density at radius 2 is 2.09 bits per heavy atom. The second kappa shape index (κ2) is 6.76. The van der Waals surface area contributed by atoms with Crippen LogP contribution in [-0.2, 0) is 16.0 Å². The number of nitrogens with one attached hydrogen (secondary N) is 1. The molecular formula is C16H19FN2O4. The highest BCUT2D eigenvalue weighted by atomic mass is 19.1. The Hall–Kier alpha value is -2.44. The standard InChI is InChI=1S/C16H19FN2O4/c1-3-9(2)19(8-15(21)22)16(23)11-6-10-4-5-14(20)18-13(10)7-12(11)17/h6-7,9H,3-5,8H2,1-2H3,(H,18,20)(H,21,22). The number of carboxylic acid groups (broad SMARTS) is 1. The SMILES string of the molecule is CCC(C)N(CC(=O)O)C(=O)c1cc2c(cc1F)NC(=O)CC2. The molecule has 1 aliphatic heterocycles. The Morgan fingerprint density at radius 1 is 1.39 bits per heavy atom. The van der Waals surface area contributed by atoms with E-state index in [9.17, 15) is 18.8 Å². The number of amides is 2. The van der Waals surface area contributed by atoms with Crippen LogP contribution < -0.4 is 5.32 Å². The molecule has 6 nitrogen and oxygen atoms in total. The Bertz CT molecular complexity index is 660. The fourth-order valence-electron chi connectivity index (χ4n) is 2.51. The Balaban J connectivity index is 2.37. The van der Waals surface area contributed by atoms with Crippen molar-refractivity contribution in [2.24, 2.45) is 0 Å². The number of halogens is 1.